The Morgan fingerprint density at radius 2 is 2.22 bits per heavy atom. The van der Waals surface area contributed by atoms with Crippen LogP contribution < -0.4 is 11.1 Å². The molecule has 2 aromatic rings. The van der Waals surface area contributed by atoms with Crippen LogP contribution >= 0.6 is 34.5 Å². The van der Waals surface area contributed by atoms with Crippen molar-refractivity contribution < 1.29 is 4.79 Å². The first-order chi connectivity index (χ1) is 8.58. The number of carbonyl (C=O) groups excluding carboxylic acids is 1. The predicted molar refractivity (Wildman–Crippen MR) is 74.2 cm³/mol. The molecule has 4 nitrogen and oxygen atoms in total. The Bertz CT molecular complexity index is 572. The quantitative estimate of drug-likeness (QED) is 0.857. The van der Waals surface area contributed by atoms with Gasteiger partial charge in [-0.15, -0.1) is 11.3 Å². The van der Waals surface area contributed by atoms with Crippen molar-refractivity contribution in [3.05, 3.63) is 44.3 Å². The lowest BCUT2D eigenvalue weighted by molar-refractivity contribution is 0.0950. The molecule has 1 amide bonds. The Morgan fingerprint density at radius 1 is 1.44 bits per heavy atom. The lowest BCUT2D eigenvalue weighted by atomic mass is 10.2. The maximum Gasteiger partial charge on any atom is 0.253 e. The fourth-order valence-electron chi connectivity index (χ4n) is 1.37. The Balaban J connectivity index is 2.14. The number of amides is 1. The summed E-state index contributed by atoms with van der Waals surface area (Å²) in [4.78, 5) is 16.0. The van der Waals surface area contributed by atoms with Crippen molar-refractivity contribution in [2.75, 3.05) is 5.73 Å². The fourth-order valence-corrected chi connectivity index (χ4v) is 2.35. The third-order valence-corrected chi connectivity index (χ3v) is 3.65. The van der Waals surface area contributed by atoms with Gasteiger partial charge in [0.15, 0.2) is 0 Å². The minimum atomic E-state index is -0.331. The molecule has 0 atom stereocenters. The molecule has 0 fully saturated rings. The molecule has 0 aliphatic carbocycles. The van der Waals surface area contributed by atoms with E-state index in [2.05, 4.69) is 10.3 Å². The van der Waals surface area contributed by atoms with Crippen molar-refractivity contribution in [3.8, 4) is 0 Å². The van der Waals surface area contributed by atoms with Gasteiger partial charge in [-0.2, -0.15) is 0 Å². The molecule has 94 valence electrons. The molecule has 0 spiro atoms. The number of rotatable bonds is 3. The van der Waals surface area contributed by atoms with Gasteiger partial charge in [0.1, 0.15) is 0 Å². The second kappa shape index (κ2) is 5.56. The summed E-state index contributed by atoms with van der Waals surface area (Å²) in [5, 5.41) is 5.01. The van der Waals surface area contributed by atoms with Crippen molar-refractivity contribution in [2.45, 2.75) is 6.54 Å². The summed E-state index contributed by atoms with van der Waals surface area (Å²) in [7, 11) is 0. The van der Waals surface area contributed by atoms with E-state index < -0.39 is 0 Å². The fraction of sp³-hybridized carbons (Fsp3) is 0.0909. The molecular weight excluding hydrogens is 293 g/mol. The summed E-state index contributed by atoms with van der Waals surface area (Å²) in [5.41, 5.74) is 8.77. The molecule has 3 N–H and O–H groups in total. The Morgan fingerprint density at radius 3 is 2.89 bits per heavy atom. The van der Waals surface area contributed by atoms with Crippen molar-refractivity contribution in [1.29, 1.82) is 0 Å². The average molecular weight is 302 g/mol. The van der Waals surface area contributed by atoms with E-state index >= 15 is 0 Å². The number of aromatic nitrogens is 1. The van der Waals surface area contributed by atoms with E-state index in [4.69, 9.17) is 28.9 Å². The Hall–Kier alpha value is -1.30. The number of hydrogen-bond acceptors (Lipinski definition) is 4. The molecule has 0 unspecified atom stereocenters. The van der Waals surface area contributed by atoms with Gasteiger partial charge < -0.3 is 11.1 Å². The SMILES string of the molecule is Nc1cc(Cl)c(Cl)c(C(=O)NCc2cscn2)c1. The highest BCUT2D eigenvalue weighted by Crippen LogP contribution is 2.28. The molecule has 0 aliphatic heterocycles. The molecule has 0 bridgehead atoms. The molecule has 1 aromatic heterocycles. The number of carbonyl (C=O) groups is 1. The normalized spacial score (nSPS) is 10.3. The van der Waals surface area contributed by atoms with Crippen LogP contribution in [0.2, 0.25) is 10.0 Å². The zero-order valence-electron chi connectivity index (χ0n) is 9.11. The van der Waals surface area contributed by atoms with Crippen LogP contribution in [-0.2, 0) is 6.54 Å². The van der Waals surface area contributed by atoms with Crippen LogP contribution in [0.4, 0.5) is 5.69 Å². The number of nitrogens with two attached hydrogens (primary N) is 1. The number of hydrogen-bond donors (Lipinski definition) is 2. The van der Waals surface area contributed by atoms with E-state index in [1.807, 2.05) is 5.38 Å². The highest BCUT2D eigenvalue weighted by Gasteiger charge is 2.14. The standard InChI is InChI=1S/C11H9Cl2N3OS/c12-9-2-6(14)1-8(10(9)13)11(17)15-3-7-4-18-5-16-7/h1-2,4-5H,3,14H2,(H,15,17). The van der Waals surface area contributed by atoms with Crippen LogP contribution in [0.15, 0.2) is 23.0 Å². The van der Waals surface area contributed by atoms with Crippen molar-refractivity contribution in [3.63, 3.8) is 0 Å². The topological polar surface area (TPSA) is 68.0 Å². The molecule has 1 aromatic carbocycles. The molecule has 7 heteroatoms. The van der Waals surface area contributed by atoms with Gasteiger partial charge in [0, 0.05) is 11.1 Å². The molecular formula is C11H9Cl2N3OS. The van der Waals surface area contributed by atoms with E-state index in [1.54, 1.807) is 5.51 Å². The van der Waals surface area contributed by atoms with E-state index in [0.29, 0.717) is 12.2 Å². The van der Waals surface area contributed by atoms with Crippen molar-refractivity contribution in [1.82, 2.24) is 10.3 Å². The number of nitrogens with zero attached hydrogens (tertiary/aromatic N) is 1. The zero-order chi connectivity index (χ0) is 13.1. The Kier molecular flexibility index (Phi) is 4.06. The van der Waals surface area contributed by atoms with Gasteiger partial charge >= 0.3 is 0 Å². The van der Waals surface area contributed by atoms with Crippen LogP contribution in [0.1, 0.15) is 16.1 Å². The number of benzene rings is 1. The van der Waals surface area contributed by atoms with Crippen LogP contribution in [0.25, 0.3) is 0 Å². The number of anilines is 1. The van der Waals surface area contributed by atoms with Crippen molar-refractivity contribution in [2.24, 2.45) is 0 Å². The van der Waals surface area contributed by atoms with E-state index in [0.717, 1.165) is 5.69 Å². The number of nitrogens with one attached hydrogen (secondary N) is 1. The maximum absolute atomic E-state index is 11.9. The predicted octanol–water partition coefficient (Wildman–Crippen LogP) is 2.96. The summed E-state index contributed by atoms with van der Waals surface area (Å²) < 4.78 is 0. The first-order valence-electron chi connectivity index (χ1n) is 4.97. The summed E-state index contributed by atoms with van der Waals surface area (Å²) in [6.45, 7) is 0.338. The van der Waals surface area contributed by atoms with Gasteiger partial charge in [-0.3, -0.25) is 4.79 Å². The second-order valence-corrected chi connectivity index (χ2v) is 5.03. The summed E-state index contributed by atoms with van der Waals surface area (Å²) in [6, 6.07) is 2.99. The molecule has 0 radical (unpaired) electrons. The molecule has 0 aliphatic rings. The average Bonchev–Trinajstić information content (AvgIpc) is 2.83. The summed E-state index contributed by atoms with van der Waals surface area (Å²) >= 11 is 13.3. The summed E-state index contributed by atoms with van der Waals surface area (Å²) in [5.74, 6) is -0.331. The van der Waals surface area contributed by atoms with Crippen LogP contribution in [0.5, 0.6) is 0 Å². The van der Waals surface area contributed by atoms with Gasteiger partial charge in [0.05, 0.1) is 33.4 Å². The van der Waals surface area contributed by atoms with Gasteiger partial charge in [-0.1, -0.05) is 23.2 Å². The minimum Gasteiger partial charge on any atom is -0.399 e. The first-order valence-corrected chi connectivity index (χ1v) is 6.67. The monoisotopic (exact) mass is 301 g/mol. The number of thiazole rings is 1. The highest BCUT2D eigenvalue weighted by atomic mass is 35.5. The molecule has 2 rings (SSSR count). The maximum atomic E-state index is 11.9. The van der Waals surface area contributed by atoms with Crippen LogP contribution in [0, 0.1) is 0 Å². The van der Waals surface area contributed by atoms with Gasteiger partial charge in [0.2, 0.25) is 0 Å². The van der Waals surface area contributed by atoms with Crippen LogP contribution in [-0.4, -0.2) is 10.9 Å². The third kappa shape index (κ3) is 2.93. The van der Waals surface area contributed by atoms with Gasteiger partial charge in [-0.25, -0.2) is 4.98 Å². The summed E-state index contributed by atoms with van der Waals surface area (Å²) in [6.07, 6.45) is 0. The molecule has 1 heterocycles. The lowest BCUT2D eigenvalue weighted by Gasteiger charge is -2.07. The smallest absolute Gasteiger partial charge is 0.253 e. The molecule has 0 saturated carbocycles. The first kappa shape index (κ1) is 13.1. The molecule has 0 saturated heterocycles. The van der Waals surface area contributed by atoms with Gasteiger partial charge in [0.25, 0.3) is 5.91 Å². The number of nitrogen functional groups attached to an aromatic ring is 1. The minimum absolute atomic E-state index is 0.196. The van der Waals surface area contributed by atoms with Crippen LogP contribution in [0.3, 0.4) is 0 Å². The second-order valence-electron chi connectivity index (χ2n) is 3.53. The van der Waals surface area contributed by atoms with Gasteiger partial charge in [-0.05, 0) is 12.1 Å². The van der Waals surface area contributed by atoms with E-state index in [-0.39, 0.29) is 21.5 Å². The lowest BCUT2D eigenvalue weighted by Crippen LogP contribution is -2.23. The van der Waals surface area contributed by atoms with E-state index in [9.17, 15) is 4.79 Å². The third-order valence-electron chi connectivity index (χ3n) is 2.21. The Labute approximate surface area is 118 Å². The van der Waals surface area contributed by atoms with Crippen molar-refractivity contribution >= 4 is 46.1 Å². The molecule has 18 heavy (non-hydrogen) atoms. The van der Waals surface area contributed by atoms with E-state index in [1.165, 1.54) is 23.5 Å². The zero-order valence-corrected chi connectivity index (χ0v) is 11.4. The number of halogens is 2. The largest absolute Gasteiger partial charge is 0.399 e. The highest BCUT2D eigenvalue weighted by molar-refractivity contribution is 7.07.